The largest absolute Gasteiger partial charge is 0.493 e. The minimum absolute atomic E-state index is 0.0560. The van der Waals surface area contributed by atoms with Crippen molar-refractivity contribution in [1.29, 1.82) is 0 Å². The molecule has 1 amide bonds. The number of esters is 1. The van der Waals surface area contributed by atoms with Crippen molar-refractivity contribution in [3.63, 3.8) is 0 Å². The molecule has 3 aromatic rings. The van der Waals surface area contributed by atoms with Crippen LogP contribution >= 0.6 is 0 Å². The van der Waals surface area contributed by atoms with Gasteiger partial charge in [-0.25, -0.2) is 14.2 Å². The maximum atomic E-state index is 14.6. The number of rotatable bonds is 8. The molecule has 2 aromatic carbocycles. The fraction of sp³-hybridized carbons (Fsp3) is 0.308. The number of hydrogen-bond donors (Lipinski definition) is 2. The van der Waals surface area contributed by atoms with E-state index in [1.165, 1.54) is 25.7 Å². The van der Waals surface area contributed by atoms with Gasteiger partial charge in [0.25, 0.3) is 5.91 Å². The predicted octanol–water partition coefficient (Wildman–Crippen LogP) is 4.45. The van der Waals surface area contributed by atoms with E-state index in [4.69, 9.17) is 15.2 Å². The Kier molecular flexibility index (Phi) is 7.62. The fourth-order valence-electron chi connectivity index (χ4n) is 4.27. The molecular weight excluding hydrogens is 465 g/mol. The number of carbonyl (C=O) groups is 2. The number of primary amides is 1. The van der Waals surface area contributed by atoms with E-state index in [-0.39, 0.29) is 40.6 Å². The van der Waals surface area contributed by atoms with Gasteiger partial charge in [-0.1, -0.05) is 37.5 Å². The van der Waals surface area contributed by atoms with Crippen molar-refractivity contribution in [3.8, 4) is 11.5 Å². The number of anilines is 3. The van der Waals surface area contributed by atoms with E-state index in [1.54, 1.807) is 30.3 Å². The highest BCUT2D eigenvalue weighted by Gasteiger charge is 2.23. The molecule has 9 nitrogen and oxygen atoms in total. The number of aromatic nitrogens is 2. The number of hydrogen-bond acceptors (Lipinski definition) is 8. The molecule has 0 atom stereocenters. The summed E-state index contributed by atoms with van der Waals surface area (Å²) in [4.78, 5) is 35.0. The Bertz CT molecular complexity index is 1250. The molecule has 0 aliphatic heterocycles. The van der Waals surface area contributed by atoms with Crippen LogP contribution in [0.3, 0.4) is 0 Å². The molecular formula is C26H28FN5O4. The van der Waals surface area contributed by atoms with E-state index in [9.17, 15) is 14.0 Å². The third-order valence-corrected chi connectivity index (χ3v) is 6.21. The number of carbonyl (C=O) groups excluding carboxylic acids is 2. The lowest BCUT2D eigenvalue weighted by Gasteiger charge is -2.32. The van der Waals surface area contributed by atoms with Crippen LogP contribution in [0.4, 0.5) is 21.8 Å². The fourth-order valence-corrected chi connectivity index (χ4v) is 4.27. The quantitative estimate of drug-likeness (QED) is 0.349. The highest BCUT2D eigenvalue weighted by Crippen LogP contribution is 2.35. The molecule has 4 rings (SSSR count). The van der Waals surface area contributed by atoms with Crippen LogP contribution in [0, 0.1) is 5.82 Å². The van der Waals surface area contributed by atoms with Crippen LogP contribution in [-0.2, 0) is 0 Å². The molecule has 3 N–H and O–H groups in total. The number of nitrogens with two attached hydrogens (primary N) is 1. The van der Waals surface area contributed by atoms with Crippen LogP contribution in [0.25, 0.3) is 0 Å². The zero-order valence-electron chi connectivity index (χ0n) is 20.2. The second-order valence-electron chi connectivity index (χ2n) is 8.56. The zero-order chi connectivity index (χ0) is 25.7. The third kappa shape index (κ3) is 5.54. The maximum Gasteiger partial charge on any atom is 0.343 e. The van der Waals surface area contributed by atoms with Crippen LogP contribution in [-0.4, -0.2) is 42.0 Å². The van der Waals surface area contributed by atoms with E-state index in [2.05, 4.69) is 15.3 Å². The summed E-state index contributed by atoms with van der Waals surface area (Å²) >= 11 is 0. The molecule has 10 heteroatoms. The molecule has 1 heterocycles. The second kappa shape index (κ2) is 11.0. The first kappa shape index (κ1) is 24.9. The van der Waals surface area contributed by atoms with Gasteiger partial charge in [-0.05, 0) is 31.0 Å². The number of methoxy groups -OCH3 is 1. The summed E-state index contributed by atoms with van der Waals surface area (Å²) in [6, 6.07) is 11.4. The minimum Gasteiger partial charge on any atom is -0.493 e. The van der Waals surface area contributed by atoms with Crippen molar-refractivity contribution in [2.75, 3.05) is 24.4 Å². The number of halogens is 1. The molecule has 0 unspecified atom stereocenters. The van der Waals surface area contributed by atoms with E-state index in [1.807, 2.05) is 11.9 Å². The van der Waals surface area contributed by atoms with Gasteiger partial charge in [0.15, 0.2) is 23.1 Å². The molecule has 1 aliphatic rings. The third-order valence-electron chi connectivity index (χ3n) is 6.21. The van der Waals surface area contributed by atoms with Gasteiger partial charge < -0.3 is 25.4 Å². The highest BCUT2D eigenvalue weighted by atomic mass is 19.1. The smallest absolute Gasteiger partial charge is 0.343 e. The molecule has 36 heavy (non-hydrogen) atoms. The highest BCUT2D eigenvalue weighted by molar-refractivity contribution is 6.00. The summed E-state index contributed by atoms with van der Waals surface area (Å²) in [5.41, 5.74) is 6.16. The first-order valence-electron chi connectivity index (χ1n) is 11.7. The Labute approximate surface area is 208 Å². The van der Waals surface area contributed by atoms with Gasteiger partial charge in [0, 0.05) is 19.2 Å². The van der Waals surface area contributed by atoms with Gasteiger partial charge in [0.2, 0.25) is 5.95 Å². The molecule has 1 fully saturated rings. The van der Waals surface area contributed by atoms with Crippen LogP contribution < -0.4 is 25.4 Å². The van der Waals surface area contributed by atoms with Crippen molar-refractivity contribution in [1.82, 2.24) is 9.97 Å². The normalized spacial score (nSPS) is 13.6. The number of benzene rings is 2. The van der Waals surface area contributed by atoms with Crippen LogP contribution in [0.2, 0.25) is 0 Å². The summed E-state index contributed by atoms with van der Waals surface area (Å²) < 4.78 is 25.5. The minimum atomic E-state index is -0.751. The molecule has 1 aromatic heterocycles. The van der Waals surface area contributed by atoms with E-state index >= 15 is 0 Å². The Morgan fingerprint density at radius 3 is 2.50 bits per heavy atom. The van der Waals surface area contributed by atoms with Gasteiger partial charge in [-0.3, -0.25) is 4.79 Å². The molecule has 1 aliphatic carbocycles. The first-order chi connectivity index (χ1) is 17.4. The first-order valence-corrected chi connectivity index (χ1v) is 11.7. The number of ether oxygens (including phenoxy) is 2. The maximum absolute atomic E-state index is 14.6. The van der Waals surface area contributed by atoms with Crippen molar-refractivity contribution in [3.05, 3.63) is 65.6 Å². The standard InChI is InChI=1S/C26H28FN5O4/c1-32(17-11-7-4-8-12-17)24-19(27)15-29-26(31-24)30-20-14-22(21(35-2)13-18(20)23(28)33)36-25(34)16-9-5-3-6-10-16/h3,5-6,9-10,13-15,17H,4,7-8,11-12H2,1-2H3,(H2,28,33)(H,29,30,31). The van der Waals surface area contributed by atoms with E-state index in [0.29, 0.717) is 5.56 Å². The molecule has 0 spiro atoms. The van der Waals surface area contributed by atoms with Crippen molar-refractivity contribution in [2.45, 2.75) is 38.1 Å². The molecule has 0 saturated heterocycles. The number of amides is 1. The Morgan fingerprint density at radius 2 is 1.83 bits per heavy atom. The summed E-state index contributed by atoms with van der Waals surface area (Å²) in [6.45, 7) is 0. The summed E-state index contributed by atoms with van der Waals surface area (Å²) in [5, 5.41) is 2.92. The van der Waals surface area contributed by atoms with Crippen LogP contribution in [0.15, 0.2) is 48.7 Å². The zero-order valence-corrected chi connectivity index (χ0v) is 20.2. The molecule has 188 valence electrons. The van der Waals surface area contributed by atoms with E-state index < -0.39 is 17.7 Å². The van der Waals surface area contributed by atoms with Crippen LogP contribution in [0.1, 0.15) is 52.8 Å². The lowest BCUT2D eigenvalue weighted by Crippen LogP contribution is -2.34. The van der Waals surface area contributed by atoms with Gasteiger partial charge >= 0.3 is 5.97 Å². The van der Waals surface area contributed by atoms with Crippen molar-refractivity contribution in [2.24, 2.45) is 5.73 Å². The molecule has 0 bridgehead atoms. The van der Waals surface area contributed by atoms with E-state index in [0.717, 1.165) is 31.9 Å². The Hall–Kier alpha value is -4.21. The monoisotopic (exact) mass is 493 g/mol. The van der Waals surface area contributed by atoms with Crippen molar-refractivity contribution < 1.29 is 23.5 Å². The predicted molar refractivity (Wildman–Crippen MR) is 133 cm³/mol. The van der Waals surface area contributed by atoms with Gasteiger partial charge in [0.1, 0.15) is 0 Å². The SMILES string of the molecule is COc1cc(C(N)=O)c(Nc2ncc(F)c(N(C)C3CCCCC3)n2)cc1OC(=O)c1ccccc1. The summed E-state index contributed by atoms with van der Waals surface area (Å²) in [6.07, 6.45) is 6.35. The summed E-state index contributed by atoms with van der Waals surface area (Å²) in [5.74, 6) is -1.50. The lowest BCUT2D eigenvalue weighted by atomic mass is 9.94. The number of nitrogens with zero attached hydrogens (tertiary/aromatic N) is 3. The second-order valence-corrected chi connectivity index (χ2v) is 8.56. The lowest BCUT2D eigenvalue weighted by molar-refractivity contribution is 0.0730. The Balaban J connectivity index is 1.66. The topological polar surface area (TPSA) is 120 Å². The molecule has 1 saturated carbocycles. The van der Waals surface area contributed by atoms with Crippen molar-refractivity contribution >= 4 is 29.3 Å². The average molecular weight is 494 g/mol. The summed E-state index contributed by atoms with van der Waals surface area (Å²) in [7, 11) is 3.19. The van der Waals surface area contributed by atoms with Gasteiger partial charge in [-0.2, -0.15) is 4.98 Å². The Morgan fingerprint density at radius 1 is 1.11 bits per heavy atom. The van der Waals surface area contributed by atoms with Gasteiger partial charge in [0.05, 0.1) is 30.1 Å². The average Bonchev–Trinajstić information content (AvgIpc) is 2.90. The number of nitrogens with one attached hydrogen (secondary N) is 1. The van der Waals surface area contributed by atoms with Crippen LogP contribution in [0.5, 0.6) is 11.5 Å². The molecule has 0 radical (unpaired) electrons. The van der Waals surface area contributed by atoms with Gasteiger partial charge in [-0.15, -0.1) is 0 Å².